The number of ether oxygens (including phenoxy) is 1. The Morgan fingerprint density at radius 2 is 1.59 bits per heavy atom. The Balaban J connectivity index is 1.62. The molecule has 2 atom stereocenters. The van der Waals surface area contributed by atoms with Gasteiger partial charge in [-0.15, -0.1) is 0 Å². The number of rotatable bonds is 10. The van der Waals surface area contributed by atoms with Crippen molar-refractivity contribution in [2.24, 2.45) is 11.8 Å². The number of hydrogen-bond donors (Lipinski definition) is 3. The van der Waals surface area contributed by atoms with E-state index >= 15 is 0 Å². The topological polar surface area (TPSA) is 105 Å². The highest BCUT2D eigenvalue weighted by Gasteiger charge is 2.35. The number of aliphatic carboxylic acids is 1. The molecule has 0 radical (unpaired) electrons. The van der Waals surface area contributed by atoms with Crippen LogP contribution >= 0.6 is 0 Å². The zero-order valence-electron chi connectivity index (χ0n) is 20.3. The first-order valence-corrected chi connectivity index (χ1v) is 11.8. The fraction of sp³-hybridized carbons (Fsp3) is 0.444. The summed E-state index contributed by atoms with van der Waals surface area (Å²) in [6, 6.07) is 16.1. The Bertz CT molecular complexity index is 1010. The van der Waals surface area contributed by atoms with Gasteiger partial charge >= 0.3 is 12.1 Å². The summed E-state index contributed by atoms with van der Waals surface area (Å²) in [6.45, 7) is 7.43. The Labute approximate surface area is 200 Å². The summed E-state index contributed by atoms with van der Waals surface area (Å²) in [5.41, 5.74) is 3.27. The van der Waals surface area contributed by atoms with Gasteiger partial charge in [-0.3, -0.25) is 9.59 Å². The van der Waals surface area contributed by atoms with Crippen LogP contribution in [0, 0.1) is 11.8 Å². The highest BCUT2D eigenvalue weighted by atomic mass is 16.5. The second-order valence-corrected chi connectivity index (χ2v) is 9.51. The summed E-state index contributed by atoms with van der Waals surface area (Å²) in [7, 11) is 0. The lowest BCUT2D eigenvalue weighted by Crippen LogP contribution is -2.57. The van der Waals surface area contributed by atoms with Crippen LogP contribution in [0.4, 0.5) is 4.79 Å². The zero-order chi connectivity index (χ0) is 24.9. The lowest BCUT2D eigenvalue weighted by Gasteiger charge is -2.29. The number of benzene rings is 2. The molecule has 0 fully saturated rings. The van der Waals surface area contributed by atoms with Gasteiger partial charge in [-0.2, -0.15) is 0 Å². The molecular weight excluding hydrogens is 432 g/mol. The van der Waals surface area contributed by atoms with Crippen molar-refractivity contribution in [2.75, 3.05) is 13.2 Å². The molecule has 1 aliphatic rings. The molecule has 0 bridgehead atoms. The number of carboxylic acid groups (broad SMARTS) is 1. The van der Waals surface area contributed by atoms with E-state index in [0.717, 1.165) is 22.3 Å². The molecule has 34 heavy (non-hydrogen) atoms. The molecule has 0 saturated carbocycles. The maximum absolute atomic E-state index is 12.9. The van der Waals surface area contributed by atoms with Crippen molar-refractivity contribution in [1.82, 2.24) is 10.6 Å². The van der Waals surface area contributed by atoms with Crippen molar-refractivity contribution in [3.8, 4) is 11.1 Å². The van der Waals surface area contributed by atoms with Crippen LogP contribution in [0.2, 0.25) is 0 Å². The second-order valence-electron chi connectivity index (χ2n) is 9.51. The molecule has 1 aliphatic carbocycles. The molecule has 7 heteroatoms. The van der Waals surface area contributed by atoms with Gasteiger partial charge in [0.2, 0.25) is 5.91 Å². The summed E-state index contributed by atoms with van der Waals surface area (Å²) in [5.74, 6) is -1.95. The van der Waals surface area contributed by atoms with E-state index in [9.17, 15) is 19.5 Å². The average Bonchev–Trinajstić information content (AvgIpc) is 3.13. The van der Waals surface area contributed by atoms with Crippen LogP contribution in [0.3, 0.4) is 0 Å². The van der Waals surface area contributed by atoms with Crippen LogP contribution in [0.25, 0.3) is 11.1 Å². The quantitative estimate of drug-likeness (QED) is 0.476. The molecule has 0 saturated heterocycles. The van der Waals surface area contributed by atoms with Gasteiger partial charge < -0.3 is 20.5 Å². The number of carboxylic acids is 1. The van der Waals surface area contributed by atoms with Crippen molar-refractivity contribution >= 4 is 18.0 Å². The Kier molecular flexibility index (Phi) is 7.97. The van der Waals surface area contributed by atoms with Gasteiger partial charge in [-0.1, -0.05) is 69.3 Å². The minimum absolute atomic E-state index is 0.00824. The van der Waals surface area contributed by atoms with Gasteiger partial charge in [-0.25, -0.2) is 4.79 Å². The van der Waals surface area contributed by atoms with E-state index in [1.165, 1.54) is 0 Å². The molecule has 2 unspecified atom stereocenters. The third kappa shape index (κ3) is 5.58. The fourth-order valence-corrected chi connectivity index (χ4v) is 4.42. The van der Waals surface area contributed by atoms with Gasteiger partial charge in [0.05, 0.1) is 5.92 Å². The molecule has 3 rings (SSSR count). The van der Waals surface area contributed by atoms with Gasteiger partial charge in [0.15, 0.2) is 0 Å². The first-order chi connectivity index (χ1) is 16.2. The minimum Gasteiger partial charge on any atom is -0.481 e. The third-order valence-electron chi connectivity index (χ3n) is 6.54. The fourth-order valence-electron chi connectivity index (χ4n) is 4.42. The van der Waals surface area contributed by atoms with Crippen LogP contribution in [0.15, 0.2) is 48.5 Å². The zero-order valence-corrected chi connectivity index (χ0v) is 20.3. The third-order valence-corrected chi connectivity index (χ3v) is 6.54. The SMILES string of the molecule is CCC(C)(NC(=O)OCC1c2ccccc2-c2ccccc21)C(=O)NCC(CC(C)C)C(=O)O. The number of nitrogens with one attached hydrogen (secondary N) is 2. The Hall–Kier alpha value is -3.35. The molecule has 0 heterocycles. The van der Waals surface area contributed by atoms with Gasteiger partial charge in [-0.05, 0) is 47.9 Å². The van der Waals surface area contributed by atoms with Crippen molar-refractivity contribution in [3.05, 3.63) is 59.7 Å². The van der Waals surface area contributed by atoms with Crippen molar-refractivity contribution in [3.63, 3.8) is 0 Å². The lowest BCUT2D eigenvalue weighted by molar-refractivity contribution is -0.142. The van der Waals surface area contributed by atoms with Crippen molar-refractivity contribution < 1.29 is 24.2 Å². The second kappa shape index (κ2) is 10.7. The van der Waals surface area contributed by atoms with Crippen LogP contribution in [-0.2, 0) is 14.3 Å². The summed E-state index contributed by atoms with van der Waals surface area (Å²) in [4.78, 5) is 37.0. The molecule has 2 aromatic rings. The molecule has 0 spiro atoms. The van der Waals surface area contributed by atoms with Crippen molar-refractivity contribution in [1.29, 1.82) is 0 Å². The number of hydrogen-bond acceptors (Lipinski definition) is 4. The highest BCUT2D eigenvalue weighted by molar-refractivity contribution is 5.90. The molecule has 182 valence electrons. The predicted molar refractivity (Wildman–Crippen MR) is 130 cm³/mol. The van der Waals surface area contributed by atoms with Crippen LogP contribution in [-0.4, -0.2) is 41.8 Å². The largest absolute Gasteiger partial charge is 0.481 e. The predicted octanol–water partition coefficient (Wildman–Crippen LogP) is 4.56. The highest BCUT2D eigenvalue weighted by Crippen LogP contribution is 2.44. The maximum atomic E-state index is 12.9. The summed E-state index contributed by atoms with van der Waals surface area (Å²) in [5, 5.41) is 14.8. The molecule has 7 nitrogen and oxygen atoms in total. The van der Waals surface area contributed by atoms with E-state index in [2.05, 4.69) is 22.8 Å². The van der Waals surface area contributed by atoms with E-state index in [0.29, 0.717) is 12.8 Å². The molecule has 0 aliphatic heterocycles. The summed E-state index contributed by atoms with van der Waals surface area (Å²) >= 11 is 0. The summed E-state index contributed by atoms with van der Waals surface area (Å²) in [6.07, 6.45) is 0.0989. The molecular formula is C27H34N2O5. The van der Waals surface area contributed by atoms with Gasteiger partial charge in [0, 0.05) is 12.5 Å². The number of fused-ring (bicyclic) bond motifs is 3. The number of alkyl carbamates (subject to hydrolysis) is 1. The maximum Gasteiger partial charge on any atom is 0.408 e. The average molecular weight is 467 g/mol. The van der Waals surface area contributed by atoms with Gasteiger partial charge in [0.1, 0.15) is 12.1 Å². The van der Waals surface area contributed by atoms with E-state index in [1.807, 2.05) is 50.2 Å². The minimum atomic E-state index is -1.22. The molecule has 3 N–H and O–H groups in total. The smallest absolute Gasteiger partial charge is 0.408 e. The Morgan fingerprint density at radius 1 is 1.03 bits per heavy atom. The van der Waals surface area contributed by atoms with E-state index in [1.54, 1.807) is 13.8 Å². The monoisotopic (exact) mass is 466 g/mol. The van der Waals surface area contributed by atoms with Crippen LogP contribution < -0.4 is 10.6 Å². The first-order valence-electron chi connectivity index (χ1n) is 11.8. The van der Waals surface area contributed by atoms with Crippen LogP contribution in [0.5, 0.6) is 0 Å². The van der Waals surface area contributed by atoms with Crippen molar-refractivity contribution in [2.45, 2.75) is 52.0 Å². The van der Waals surface area contributed by atoms with E-state index < -0.39 is 29.4 Å². The first kappa shape index (κ1) is 25.3. The molecule has 0 aromatic heterocycles. The normalized spacial score (nSPS) is 15.1. The Morgan fingerprint density at radius 3 is 2.09 bits per heavy atom. The van der Waals surface area contributed by atoms with Crippen LogP contribution in [0.1, 0.15) is 57.6 Å². The number of carbonyl (C=O) groups excluding carboxylic acids is 2. The molecule has 2 aromatic carbocycles. The molecule has 2 amide bonds. The standard InChI is InChI=1S/C27H34N2O5/c1-5-27(4,25(32)28-15-18(24(30)31)14-17(2)3)29-26(33)34-16-23-21-12-8-6-10-19(21)20-11-7-9-13-22(20)23/h6-13,17-18,23H,5,14-16H2,1-4H3,(H,28,32)(H,29,33)(H,30,31). The number of amides is 2. The lowest BCUT2D eigenvalue weighted by atomic mass is 9.95. The van der Waals surface area contributed by atoms with E-state index in [4.69, 9.17) is 4.74 Å². The van der Waals surface area contributed by atoms with Gasteiger partial charge in [0.25, 0.3) is 0 Å². The number of carbonyl (C=O) groups is 3. The summed E-state index contributed by atoms with van der Waals surface area (Å²) < 4.78 is 5.58. The van der Waals surface area contributed by atoms with E-state index in [-0.39, 0.29) is 25.0 Å².